The number of ether oxygens (including phenoxy) is 1. The Bertz CT molecular complexity index is 913. The molecule has 0 spiro atoms. The van der Waals surface area contributed by atoms with E-state index in [1.807, 2.05) is 42.6 Å². The van der Waals surface area contributed by atoms with Gasteiger partial charge in [0.2, 0.25) is 0 Å². The minimum atomic E-state index is -1.02. The second-order valence-electron chi connectivity index (χ2n) is 5.96. The first-order chi connectivity index (χ1) is 13.0. The molecule has 0 radical (unpaired) electrons. The molecule has 140 valence electrons. The zero-order valence-corrected chi connectivity index (χ0v) is 14.7. The summed E-state index contributed by atoms with van der Waals surface area (Å²) in [6.45, 7) is 1.93. The number of aromatic nitrogens is 2. The average molecular weight is 371 g/mol. The summed E-state index contributed by atoms with van der Waals surface area (Å²) in [6.07, 6.45) is 1.59. The summed E-state index contributed by atoms with van der Waals surface area (Å²) in [5.74, 6) is -2.23. The maximum absolute atomic E-state index is 13.2. The topological polar surface area (TPSA) is 56.1 Å². The van der Waals surface area contributed by atoms with Crippen LogP contribution < -0.4 is 10.1 Å². The lowest BCUT2D eigenvalue weighted by molar-refractivity contribution is -0.127. The number of benzene rings is 2. The number of para-hydroxylation sites is 1. The van der Waals surface area contributed by atoms with E-state index in [0.717, 1.165) is 23.5 Å². The van der Waals surface area contributed by atoms with Crippen LogP contribution in [-0.4, -0.2) is 28.3 Å². The van der Waals surface area contributed by atoms with Gasteiger partial charge in [0, 0.05) is 25.2 Å². The zero-order valence-electron chi connectivity index (χ0n) is 14.7. The van der Waals surface area contributed by atoms with Crippen LogP contribution in [0.2, 0.25) is 0 Å². The van der Waals surface area contributed by atoms with Crippen LogP contribution in [0.25, 0.3) is 5.69 Å². The van der Waals surface area contributed by atoms with Crippen LogP contribution in [-0.2, 0) is 11.2 Å². The SMILES string of the molecule is CC(Oc1ccc(F)c(F)c1)C(=O)NCCc1ccn(-c2ccccc2)n1. The van der Waals surface area contributed by atoms with Gasteiger partial charge in [0.15, 0.2) is 17.7 Å². The molecule has 0 fully saturated rings. The Labute approximate surface area is 155 Å². The second-order valence-corrected chi connectivity index (χ2v) is 5.96. The van der Waals surface area contributed by atoms with Crippen molar-refractivity contribution in [1.29, 1.82) is 0 Å². The van der Waals surface area contributed by atoms with Gasteiger partial charge in [-0.05, 0) is 37.3 Å². The van der Waals surface area contributed by atoms with Gasteiger partial charge in [-0.1, -0.05) is 18.2 Å². The number of nitrogens with one attached hydrogen (secondary N) is 1. The molecule has 0 bridgehead atoms. The minimum Gasteiger partial charge on any atom is -0.481 e. The van der Waals surface area contributed by atoms with Crippen molar-refractivity contribution in [2.24, 2.45) is 0 Å². The standard InChI is InChI=1S/C20H19F2N3O2/c1-14(27-17-7-8-18(21)19(22)13-17)20(26)23-11-9-15-10-12-25(24-15)16-5-3-2-4-6-16/h2-8,10,12-14H,9,11H2,1H3,(H,23,26). The van der Waals surface area contributed by atoms with E-state index in [2.05, 4.69) is 10.4 Å². The van der Waals surface area contributed by atoms with Crippen LogP contribution in [0.15, 0.2) is 60.8 Å². The van der Waals surface area contributed by atoms with Gasteiger partial charge in [-0.15, -0.1) is 0 Å². The summed E-state index contributed by atoms with van der Waals surface area (Å²) in [4.78, 5) is 12.1. The highest BCUT2D eigenvalue weighted by Gasteiger charge is 2.15. The van der Waals surface area contributed by atoms with E-state index in [1.165, 1.54) is 6.07 Å². The number of carbonyl (C=O) groups excluding carboxylic acids is 1. The molecule has 1 heterocycles. The normalized spacial score (nSPS) is 11.8. The Kier molecular flexibility index (Phi) is 5.80. The Morgan fingerprint density at radius 1 is 1.15 bits per heavy atom. The summed E-state index contributed by atoms with van der Waals surface area (Å²) in [6, 6.07) is 14.8. The molecule has 1 unspecified atom stereocenters. The average Bonchev–Trinajstić information content (AvgIpc) is 3.14. The third-order valence-corrected chi connectivity index (χ3v) is 3.92. The fourth-order valence-electron chi connectivity index (χ4n) is 2.48. The summed E-state index contributed by atoms with van der Waals surface area (Å²) in [7, 11) is 0. The van der Waals surface area contributed by atoms with Crippen molar-refractivity contribution < 1.29 is 18.3 Å². The van der Waals surface area contributed by atoms with E-state index < -0.39 is 17.7 Å². The summed E-state index contributed by atoms with van der Waals surface area (Å²) >= 11 is 0. The Morgan fingerprint density at radius 3 is 2.67 bits per heavy atom. The molecule has 2 aromatic carbocycles. The Balaban J connectivity index is 1.47. The van der Waals surface area contributed by atoms with Crippen molar-refractivity contribution in [3.63, 3.8) is 0 Å². The van der Waals surface area contributed by atoms with Gasteiger partial charge < -0.3 is 10.1 Å². The molecule has 3 rings (SSSR count). The van der Waals surface area contributed by atoms with Crippen LogP contribution in [0.3, 0.4) is 0 Å². The number of hydrogen-bond acceptors (Lipinski definition) is 3. The van der Waals surface area contributed by atoms with E-state index in [0.29, 0.717) is 13.0 Å². The third kappa shape index (κ3) is 4.91. The molecular weight excluding hydrogens is 352 g/mol. The van der Waals surface area contributed by atoms with Crippen LogP contribution in [0.4, 0.5) is 8.78 Å². The molecule has 3 aromatic rings. The predicted molar refractivity (Wildman–Crippen MR) is 96.7 cm³/mol. The maximum atomic E-state index is 13.2. The molecule has 1 aromatic heterocycles. The van der Waals surface area contributed by atoms with Crippen molar-refractivity contribution in [1.82, 2.24) is 15.1 Å². The first kappa shape index (κ1) is 18.6. The quantitative estimate of drug-likeness (QED) is 0.694. The van der Waals surface area contributed by atoms with Gasteiger partial charge in [-0.3, -0.25) is 4.79 Å². The molecule has 1 N–H and O–H groups in total. The van der Waals surface area contributed by atoms with Gasteiger partial charge in [-0.25, -0.2) is 13.5 Å². The number of nitrogens with zero attached hydrogens (tertiary/aromatic N) is 2. The van der Waals surface area contributed by atoms with E-state index >= 15 is 0 Å². The fraction of sp³-hybridized carbons (Fsp3) is 0.200. The summed E-state index contributed by atoms with van der Waals surface area (Å²) < 4.78 is 33.2. The van der Waals surface area contributed by atoms with E-state index in [4.69, 9.17) is 4.74 Å². The molecule has 1 atom stereocenters. The molecule has 7 heteroatoms. The first-order valence-electron chi connectivity index (χ1n) is 8.52. The second kappa shape index (κ2) is 8.44. The fourth-order valence-corrected chi connectivity index (χ4v) is 2.48. The lowest BCUT2D eigenvalue weighted by Crippen LogP contribution is -2.37. The van der Waals surface area contributed by atoms with Crippen molar-refractivity contribution >= 4 is 5.91 Å². The number of amides is 1. The van der Waals surface area contributed by atoms with Crippen LogP contribution in [0.1, 0.15) is 12.6 Å². The molecular formula is C20H19F2N3O2. The summed E-state index contributed by atoms with van der Waals surface area (Å²) in [5.41, 5.74) is 1.80. The molecule has 0 aliphatic carbocycles. The number of halogens is 2. The van der Waals surface area contributed by atoms with Gasteiger partial charge in [0.05, 0.1) is 11.4 Å². The number of hydrogen-bond donors (Lipinski definition) is 1. The molecule has 27 heavy (non-hydrogen) atoms. The Hall–Kier alpha value is -3.22. The molecule has 0 aliphatic heterocycles. The van der Waals surface area contributed by atoms with Crippen molar-refractivity contribution in [3.05, 3.63) is 78.1 Å². The van der Waals surface area contributed by atoms with E-state index in [1.54, 1.807) is 11.6 Å². The largest absolute Gasteiger partial charge is 0.481 e. The molecule has 0 saturated heterocycles. The highest BCUT2D eigenvalue weighted by atomic mass is 19.2. The monoisotopic (exact) mass is 371 g/mol. The highest BCUT2D eigenvalue weighted by Crippen LogP contribution is 2.16. The van der Waals surface area contributed by atoms with E-state index in [9.17, 15) is 13.6 Å². The number of rotatable bonds is 7. The van der Waals surface area contributed by atoms with Gasteiger partial charge >= 0.3 is 0 Å². The third-order valence-electron chi connectivity index (χ3n) is 3.92. The highest BCUT2D eigenvalue weighted by molar-refractivity contribution is 5.80. The van der Waals surface area contributed by atoms with Crippen LogP contribution in [0, 0.1) is 11.6 Å². The van der Waals surface area contributed by atoms with Crippen molar-refractivity contribution in [3.8, 4) is 11.4 Å². The van der Waals surface area contributed by atoms with Crippen LogP contribution >= 0.6 is 0 Å². The smallest absolute Gasteiger partial charge is 0.260 e. The molecule has 1 amide bonds. The lowest BCUT2D eigenvalue weighted by Gasteiger charge is -2.14. The van der Waals surface area contributed by atoms with Crippen molar-refractivity contribution in [2.75, 3.05) is 6.54 Å². The van der Waals surface area contributed by atoms with Crippen LogP contribution in [0.5, 0.6) is 5.75 Å². The molecule has 5 nitrogen and oxygen atoms in total. The van der Waals surface area contributed by atoms with E-state index in [-0.39, 0.29) is 11.7 Å². The molecule has 0 aliphatic rings. The summed E-state index contributed by atoms with van der Waals surface area (Å²) in [5, 5.41) is 7.21. The minimum absolute atomic E-state index is 0.0955. The zero-order chi connectivity index (χ0) is 19.2. The molecule has 0 saturated carbocycles. The van der Waals surface area contributed by atoms with Crippen molar-refractivity contribution in [2.45, 2.75) is 19.4 Å². The lowest BCUT2D eigenvalue weighted by atomic mass is 10.3. The van der Waals surface area contributed by atoms with Gasteiger partial charge in [0.1, 0.15) is 5.75 Å². The Morgan fingerprint density at radius 2 is 1.93 bits per heavy atom. The first-order valence-corrected chi connectivity index (χ1v) is 8.52. The van der Waals surface area contributed by atoms with Gasteiger partial charge in [-0.2, -0.15) is 5.10 Å². The predicted octanol–water partition coefficient (Wildman–Crippen LogP) is 3.28. The van der Waals surface area contributed by atoms with Gasteiger partial charge in [0.25, 0.3) is 5.91 Å². The number of carbonyl (C=O) groups is 1. The maximum Gasteiger partial charge on any atom is 0.260 e.